The van der Waals surface area contributed by atoms with Gasteiger partial charge in [-0.15, -0.1) is 0 Å². The Bertz CT molecular complexity index is 743. The summed E-state index contributed by atoms with van der Waals surface area (Å²) in [6, 6.07) is 13.4. The molecule has 0 saturated heterocycles. The molecule has 1 aliphatic rings. The first-order valence-electron chi connectivity index (χ1n) is 8.06. The first-order chi connectivity index (χ1) is 11.4. The standard InChI is InChI=1S/C19H22FN3O/c1-13(18(24)21-15-10-8-14(20)9-11-15)23-12-19(2,3)22-16-6-4-5-7-17(16)23/h4-11,13,22H,12H2,1-3H3,(H,21,24). The average Bonchev–Trinajstić information content (AvgIpc) is 2.54. The van der Waals surface area contributed by atoms with Crippen LogP contribution in [0.3, 0.4) is 0 Å². The van der Waals surface area contributed by atoms with E-state index in [4.69, 9.17) is 0 Å². The molecular formula is C19H22FN3O. The fourth-order valence-corrected chi connectivity index (χ4v) is 3.01. The highest BCUT2D eigenvalue weighted by atomic mass is 19.1. The molecule has 3 rings (SSSR count). The summed E-state index contributed by atoms with van der Waals surface area (Å²) in [6.07, 6.45) is 0. The van der Waals surface area contributed by atoms with E-state index >= 15 is 0 Å². The molecular weight excluding hydrogens is 305 g/mol. The number of halogens is 1. The molecule has 2 aromatic carbocycles. The molecule has 4 nitrogen and oxygen atoms in total. The Balaban J connectivity index is 1.82. The Morgan fingerprint density at radius 3 is 2.58 bits per heavy atom. The third-order valence-electron chi connectivity index (χ3n) is 4.21. The molecule has 0 saturated carbocycles. The summed E-state index contributed by atoms with van der Waals surface area (Å²) in [5, 5.41) is 6.36. The van der Waals surface area contributed by atoms with Gasteiger partial charge >= 0.3 is 0 Å². The number of carbonyl (C=O) groups excluding carboxylic acids is 1. The van der Waals surface area contributed by atoms with E-state index in [9.17, 15) is 9.18 Å². The number of para-hydroxylation sites is 2. The van der Waals surface area contributed by atoms with Crippen LogP contribution in [-0.2, 0) is 4.79 Å². The second-order valence-electron chi connectivity index (χ2n) is 6.83. The topological polar surface area (TPSA) is 44.4 Å². The quantitative estimate of drug-likeness (QED) is 0.899. The Hall–Kier alpha value is -2.56. The van der Waals surface area contributed by atoms with Crippen molar-refractivity contribution in [2.24, 2.45) is 0 Å². The Morgan fingerprint density at radius 2 is 1.88 bits per heavy atom. The zero-order chi connectivity index (χ0) is 17.3. The van der Waals surface area contributed by atoms with Gasteiger partial charge in [0.15, 0.2) is 0 Å². The Morgan fingerprint density at radius 1 is 1.21 bits per heavy atom. The van der Waals surface area contributed by atoms with E-state index < -0.39 is 0 Å². The molecule has 24 heavy (non-hydrogen) atoms. The number of anilines is 3. The number of carbonyl (C=O) groups is 1. The lowest BCUT2D eigenvalue weighted by molar-refractivity contribution is -0.117. The molecule has 1 aliphatic heterocycles. The minimum absolute atomic E-state index is 0.117. The predicted octanol–water partition coefficient (Wildman–Crippen LogP) is 3.86. The number of fused-ring (bicyclic) bond motifs is 1. The number of amides is 1. The number of rotatable bonds is 3. The Labute approximate surface area is 141 Å². The number of nitrogens with zero attached hydrogens (tertiary/aromatic N) is 1. The monoisotopic (exact) mass is 327 g/mol. The van der Waals surface area contributed by atoms with E-state index in [1.54, 1.807) is 12.1 Å². The second-order valence-corrected chi connectivity index (χ2v) is 6.83. The summed E-state index contributed by atoms with van der Waals surface area (Å²) in [6.45, 7) is 6.82. The largest absolute Gasteiger partial charge is 0.377 e. The van der Waals surface area contributed by atoms with Crippen LogP contribution >= 0.6 is 0 Å². The van der Waals surface area contributed by atoms with Crippen molar-refractivity contribution < 1.29 is 9.18 Å². The van der Waals surface area contributed by atoms with E-state index in [1.165, 1.54) is 12.1 Å². The Kier molecular flexibility index (Phi) is 4.18. The maximum atomic E-state index is 13.0. The van der Waals surface area contributed by atoms with Gasteiger partial charge < -0.3 is 15.5 Å². The molecule has 0 aromatic heterocycles. The third-order valence-corrected chi connectivity index (χ3v) is 4.21. The predicted molar refractivity (Wildman–Crippen MR) is 96.0 cm³/mol. The van der Waals surface area contributed by atoms with Crippen molar-refractivity contribution in [3.05, 3.63) is 54.3 Å². The fourth-order valence-electron chi connectivity index (χ4n) is 3.01. The van der Waals surface area contributed by atoms with Crippen molar-refractivity contribution in [1.82, 2.24) is 0 Å². The van der Waals surface area contributed by atoms with Crippen LogP contribution in [0.2, 0.25) is 0 Å². The van der Waals surface area contributed by atoms with Gasteiger partial charge in [-0.1, -0.05) is 12.1 Å². The molecule has 0 spiro atoms. The van der Waals surface area contributed by atoms with E-state index in [2.05, 4.69) is 29.4 Å². The molecule has 0 aliphatic carbocycles. The molecule has 2 N–H and O–H groups in total. The molecule has 0 bridgehead atoms. The molecule has 1 unspecified atom stereocenters. The van der Waals surface area contributed by atoms with Gasteiger partial charge in [-0.3, -0.25) is 4.79 Å². The molecule has 1 heterocycles. The van der Waals surface area contributed by atoms with E-state index in [0.717, 1.165) is 11.4 Å². The first-order valence-corrected chi connectivity index (χ1v) is 8.06. The lowest BCUT2D eigenvalue weighted by Gasteiger charge is -2.44. The summed E-state index contributed by atoms with van der Waals surface area (Å²) >= 11 is 0. The van der Waals surface area contributed by atoms with Crippen molar-refractivity contribution >= 4 is 23.0 Å². The molecule has 1 amide bonds. The smallest absolute Gasteiger partial charge is 0.246 e. The maximum Gasteiger partial charge on any atom is 0.246 e. The SMILES string of the molecule is CC(C(=O)Nc1ccc(F)cc1)N1CC(C)(C)Nc2ccccc21. The highest BCUT2D eigenvalue weighted by Crippen LogP contribution is 2.35. The summed E-state index contributed by atoms with van der Waals surface area (Å²) in [5.74, 6) is -0.437. The van der Waals surface area contributed by atoms with Crippen LogP contribution in [0, 0.1) is 5.82 Å². The van der Waals surface area contributed by atoms with Gasteiger partial charge in [0.05, 0.1) is 11.4 Å². The third kappa shape index (κ3) is 3.35. The average molecular weight is 327 g/mol. The minimum Gasteiger partial charge on any atom is -0.377 e. The van der Waals surface area contributed by atoms with Crippen LogP contribution in [-0.4, -0.2) is 24.0 Å². The van der Waals surface area contributed by atoms with Crippen molar-refractivity contribution in [3.8, 4) is 0 Å². The summed E-state index contributed by atoms with van der Waals surface area (Å²) in [5.41, 5.74) is 2.49. The van der Waals surface area contributed by atoms with Gasteiger partial charge in [-0.2, -0.15) is 0 Å². The van der Waals surface area contributed by atoms with Gasteiger partial charge in [0.2, 0.25) is 5.91 Å². The maximum absolute atomic E-state index is 13.0. The highest BCUT2D eigenvalue weighted by molar-refractivity contribution is 5.97. The van der Waals surface area contributed by atoms with E-state index in [0.29, 0.717) is 12.2 Å². The van der Waals surface area contributed by atoms with Crippen LogP contribution in [0.25, 0.3) is 0 Å². The van der Waals surface area contributed by atoms with Crippen LogP contribution < -0.4 is 15.5 Å². The lowest BCUT2D eigenvalue weighted by Crippen LogP contribution is -2.54. The molecule has 2 aromatic rings. The van der Waals surface area contributed by atoms with Crippen molar-refractivity contribution in [2.75, 3.05) is 22.1 Å². The van der Waals surface area contributed by atoms with Crippen LogP contribution in [0.4, 0.5) is 21.5 Å². The fraction of sp³-hybridized carbons (Fsp3) is 0.316. The normalized spacial score (nSPS) is 16.8. The van der Waals surface area contributed by atoms with Gasteiger partial charge in [-0.25, -0.2) is 4.39 Å². The van der Waals surface area contributed by atoms with Gasteiger partial charge in [0.1, 0.15) is 11.9 Å². The van der Waals surface area contributed by atoms with Crippen LogP contribution in [0.15, 0.2) is 48.5 Å². The number of hydrogen-bond donors (Lipinski definition) is 2. The zero-order valence-corrected chi connectivity index (χ0v) is 14.1. The number of hydrogen-bond acceptors (Lipinski definition) is 3. The molecule has 5 heteroatoms. The number of nitrogens with one attached hydrogen (secondary N) is 2. The van der Waals surface area contributed by atoms with E-state index in [-0.39, 0.29) is 23.3 Å². The van der Waals surface area contributed by atoms with Gasteiger partial charge in [0.25, 0.3) is 0 Å². The molecule has 1 atom stereocenters. The summed E-state index contributed by atoms with van der Waals surface area (Å²) in [7, 11) is 0. The lowest BCUT2D eigenvalue weighted by atomic mass is 9.97. The van der Waals surface area contributed by atoms with Gasteiger partial charge in [-0.05, 0) is 57.2 Å². The van der Waals surface area contributed by atoms with E-state index in [1.807, 2.05) is 31.2 Å². The van der Waals surface area contributed by atoms with Gasteiger partial charge in [0, 0.05) is 17.8 Å². The second kappa shape index (κ2) is 6.15. The first kappa shape index (κ1) is 16.3. The number of benzene rings is 2. The van der Waals surface area contributed by atoms with Crippen LogP contribution in [0.5, 0.6) is 0 Å². The van der Waals surface area contributed by atoms with Crippen molar-refractivity contribution in [3.63, 3.8) is 0 Å². The zero-order valence-electron chi connectivity index (χ0n) is 14.1. The van der Waals surface area contributed by atoms with Crippen LogP contribution in [0.1, 0.15) is 20.8 Å². The highest BCUT2D eigenvalue weighted by Gasteiger charge is 2.34. The van der Waals surface area contributed by atoms with Crippen molar-refractivity contribution in [1.29, 1.82) is 0 Å². The minimum atomic E-state index is -0.349. The summed E-state index contributed by atoms with van der Waals surface area (Å²) < 4.78 is 13.0. The molecule has 0 radical (unpaired) electrons. The summed E-state index contributed by atoms with van der Waals surface area (Å²) in [4.78, 5) is 14.8. The molecule has 0 fully saturated rings. The molecule has 126 valence electrons. The van der Waals surface area contributed by atoms with Crippen molar-refractivity contribution in [2.45, 2.75) is 32.4 Å².